The fourth-order valence-electron chi connectivity index (χ4n) is 1.86. The molecular weight excluding hydrogens is 275 g/mol. The number of carbonyl (C=O) groups excluding carboxylic acids is 1. The summed E-state index contributed by atoms with van der Waals surface area (Å²) in [6.07, 6.45) is 0.342. The Morgan fingerprint density at radius 3 is 2.90 bits per heavy atom. The SMILES string of the molecule is COCCN(CCC#N)Cc1cc(C(=O)NN)ccc1F. The lowest BCUT2D eigenvalue weighted by molar-refractivity contribution is 0.0953. The summed E-state index contributed by atoms with van der Waals surface area (Å²) in [4.78, 5) is 13.4. The van der Waals surface area contributed by atoms with E-state index in [0.717, 1.165) is 0 Å². The first kappa shape index (κ1) is 17.0. The molecule has 3 N–H and O–H groups in total. The third kappa shape index (κ3) is 5.47. The molecule has 0 aliphatic rings. The van der Waals surface area contributed by atoms with Crippen molar-refractivity contribution in [2.75, 3.05) is 26.8 Å². The molecule has 1 aromatic rings. The molecule has 0 bridgehead atoms. The monoisotopic (exact) mass is 294 g/mol. The van der Waals surface area contributed by atoms with Gasteiger partial charge in [-0.1, -0.05) is 0 Å². The number of carbonyl (C=O) groups is 1. The van der Waals surface area contributed by atoms with Crippen molar-refractivity contribution in [2.45, 2.75) is 13.0 Å². The van der Waals surface area contributed by atoms with Gasteiger partial charge < -0.3 is 4.74 Å². The fraction of sp³-hybridized carbons (Fsp3) is 0.429. The van der Waals surface area contributed by atoms with Gasteiger partial charge in [0.15, 0.2) is 0 Å². The van der Waals surface area contributed by atoms with Gasteiger partial charge in [-0.3, -0.25) is 15.1 Å². The molecule has 1 rings (SSSR count). The molecule has 0 atom stereocenters. The Bertz CT molecular complexity index is 516. The van der Waals surface area contributed by atoms with Crippen LogP contribution in [0.4, 0.5) is 4.39 Å². The standard InChI is InChI=1S/C14H19FN4O2/c1-21-8-7-19(6-2-5-16)10-12-9-11(14(20)18-17)3-4-13(12)15/h3-4,9H,2,6-8,10,17H2,1H3,(H,18,20). The van der Waals surface area contributed by atoms with Crippen LogP contribution in [0.1, 0.15) is 22.3 Å². The van der Waals surface area contributed by atoms with Crippen molar-refractivity contribution in [3.63, 3.8) is 0 Å². The second-order valence-electron chi connectivity index (χ2n) is 4.46. The Morgan fingerprint density at radius 2 is 2.29 bits per heavy atom. The average molecular weight is 294 g/mol. The number of hydrazine groups is 1. The second-order valence-corrected chi connectivity index (χ2v) is 4.46. The van der Waals surface area contributed by atoms with Crippen molar-refractivity contribution in [3.05, 3.63) is 35.1 Å². The minimum absolute atomic E-state index is 0.292. The van der Waals surface area contributed by atoms with Crippen LogP contribution in [0.15, 0.2) is 18.2 Å². The zero-order valence-corrected chi connectivity index (χ0v) is 11.9. The minimum Gasteiger partial charge on any atom is -0.383 e. The van der Waals surface area contributed by atoms with E-state index in [4.69, 9.17) is 15.8 Å². The van der Waals surface area contributed by atoms with Gasteiger partial charge in [0.1, 0.15) is 5.82 Å². The van der Waals surface area contributed by atoms with E-state index in [-0.39, 0.29) is 0 Å². The molecule has 0 spiro atoms. The lowest BCUT2D eigenvalue weighted by atomic mass is 10.1. The summed E-state index contributed by atoms with van der Waals surface area (Å²) in [6, 6.07) is 6.12. The average Bonchev–Trinajstić information content (AvgIpc) is 2.51. The number of amides is 1. The number of benzene rings is 1. The first-order valence-corrected chi connectivity index (χ1v) is 6.50. The molecule has 0 aromatic heterocycles. The maximum atomic E-state index is 13.9. The van der Waals surface area contributed by atoms with Gasteiger partial charge in [-0.05, 0) is 18.2 Å². The van der Waals surface area contributed by atoms with Crippen molar-refractivity contribution < 1.29 is 13.9 Å². The van der Waals surface area contributed by atoms with Crippen molar-refractivity contribution in [1.82, 2.24) is 10.3 Å². The Kier molecular flexibility index (Phi) is 7.32. The first-order chi connectivity index (χ1) is 10.1. The Morgan fingerprint density at radius 1 is 1.52 bits per heavy atom. The van der Waals surface area contributed by atoms with E-state index >= 15 is 0 Å². The van der Waals surface area contributed by atoms with Crippen LogP contribution in [0.3, 0.4) is 0 Å². The third-order valence-electron chi connectivity index (χ3n) is 2.98. The number of rotatable bonds is 8. The van der Waals surface area contributed by atoms with Gasteiger partial charge in [0, 0.05) is 44.3 Å². The number of nitrogens with two attached hydrogens (primary N) is 1. The van der Waals surface area contributed by atoms with Crippen LogP contribution in [-0.2, 0) is 11.3 Å². The number of ether oxygens (including phenoxy) is 1. The predicted octanol–water partition coefficient (Wildman–Crippen LogP) is 0.791. The first-order valence-electron chi connectivity index (χ1n) is 6.50. The van der Waals surface area contributed by atoms with Crippen LogP contribution in [0.2, 0.25) is 0 Å². The second kappa shape index (κ2) is 9.02. The molecule has 114 valence electrons. The van der Waals surface area contributed by atoms with Gasteiger partial charge in [-0.15, -0.1) is 0 Å². The van der Waals surface area contributed by atoms with E-state index in [2.05, 4.69) is 6.07 Å². The molecule has 7 heteroatoms. The van der Waals surface area contributed by atoms with Gasteiger partial charge in [0.2, 0.25) is 0 Å². The highest BCUT2D eigenvalue weighted by Gasteiger charge is 2.12. The molecule has 0 aliphatic carbocycles. The molecule has 0 fully saturated rings. The number of methoxy groups -OCH3 is 1. The summed E-state index contributed by atoms with van der Waals surface area (Å²) in [5.74, 6) is 4.19. The molecule has 0 saturated carbocycles. The largest absolute Gasteiger partial charge is 0.383 e. The van der Waals surface area contributed by atoms with Gasteiger partial charge in [-0.25, -0.2) is 10.2 Å². The lowest BCUT2D eigenvalue weighted by Crippen LogP contribution is -2.31. The van der Waals surface area contributed by atoms with Gasteiger partial charge >= 0.3 is 0 Å². The maximum Gasteiger partial charge on any atom is 0.265 e. The van der Waals surface area contributed by atoms with E-state index < -0.39 is 11.7 Å². The number of nitrogens with zero attached hydrogens (tertiary/aromatic N) is 2. The van der Waals surface area contributed by atoms with Crippen LogP contribution in [0, 0.1) is 17.1 Å². The number of nitrogens with one attached hydrogen (secondary N) is 1. The molecule has 6 nitrogen and oxygen atoms in total. The maximum absolute atomic E-state index is 13.9. The quantitative estimate of drug-likeness (QED) is 0.420. The normalized spacial score (nSPS) is 10.4. The smallest absolute Gasteiger partial charge is 0.265 e. The zero-order valence-electron chi connectivity index (χ0n) is 11.9. The van der Waals surface area contributed by atoms with Crippen molar-refractivity contribution in [2.24, 2.45) is 5.84 Å². The summed E-state index contributed by atoms with van der Waals surface area (Å²) in [5, 5.41) is 8.66. The number of hydrogen-bond donors (Lipinski definition) is 2. The number of nitrogen functional groups attached to an aromatic ring is 1. The Balaban J connectivity index is 2.85. The molecule has 0 saturated heterocycles. The summed E-state index contributed by atoms with van der Waals surface area (Å²) in [7, 11) is 1.58. The third-order valence-corrected chi connectivity index (χ3v) is 2.98. The van der Waals surface area contributed by atoms with E-state index in [1.807, 2.05) is 10.3 Å². The summed E-state index contributed by atoms with van der Waals surface area (Å²) >= 11 is 0. The van der Waals surface area contributed by atoms with Crippen molar-refractivity contribution in [3.8, 4) is 6.07 Å². The molecule has 1 amide bonds. The Hall–Kier alpha value is -2.01. The molecule has 0 heterocycles. The van der Waals surface area contributed by atoms with E-state index in [1.165, 1.54) is 18.2 Å². The molecular formula is C14H19FN4O2. The Labute approximate surface area is 123 Å². The van der Waals surface area contributed by atoms with Crippen molar-refractivity contribution in [1.29, 1.82) is 5.26 Å². The van der Waals surface area contributed by atoms with Crippen LogP contribution in [0.5, 0.6) is 0 Å². The van der Waals surface area contributed by atoms with Gasteiger partial charge in [0.25, 0.3) is 5.91 Å². The fourth-order valence-corrected chi connectivity index (χ4v) is 1.86. The molecule has 1 aromatic carbocycles. The van der Waals surface area contributed by atoms with Crippen LogP contribution >= 0.6 is 0 Å². The summed E-state index contributed by atoms with van der Waals surface area (Å²) in [6.45, 7) is 1.86. The molecule has 0 unspecified atom stereocenters. The van der Waals surface area contributed by atoms with E-state index in [0.29, 0.717) is 43.8 Å². The molecule has 21 heavy (non-hydrogen) atoms. The van der Waals surface area contributed by atoms with Crippen molar-refractivity contribution >= 4 is 5.91 Å². The minimum atomic E-state index is -0.475. The van der Waals surface area contributed by atoms with Crippen LogP contribution < -0.4 is 11.3 Å². The topological polar surface area (TPSA) is 91.4 Å². The molecule has 0 aliphatic heterocycles. The number of nitriles is 1. The summed E-state index contributed by atoms with van der Waals surface area (Å²) < 4.78 is 18.9. The van der Waals surface area contributed by atoms with E-state index in [9.17, 15) is 9.18 Å². The van der Waals surface area contributed by atoms with Crippen LogP contribution in [0.25, 0.3) is 0 Å². The number of hydrogen-bond acceptors (Lipinski definition) is 5. The number of halogens is 1. The lowest BCUT2D eigenvalue weighted by Gasteiger charge is -2.21. The predicted molar refractivity (Wildman–Crippen MR) is 75.4 cm³/mol. The summed E-state index contributed by atoms with van der Waals surface area (Å²) in [5.41, 5.74) is 2.68. The highest BCUT2D eigenvalue weighted by atomic mass is 19.1. The van der Waals surface area contributed by atoms with E-state index in [1.54, 1.807) is 7.11 Å². The highest BCUT2D eigenvalue weighted by molar-refractivity contribution is 5.93. The van der Waals surface area contributed by atoms with Crippen LogP contribution in [-0.4, -0.2) is 37.6 Å². The zero-order chi connectivity index (χ0) is 15.7. The van der Waals surface area contributed by atoms with Gasteiger partial charge in [0.05, 0.1) is 12.7 Å². The van der Waals surface area contributed by atoms with Gasteiger partial charge in [-0.2, -0.15) is 5.26 Å². The molecule has 0 radical (unpaired) electrons. The highest BCUT2D eigenvalue weighted by Crippen LogP contribution is 2.13.